The van der Waals surface area contributed by atoms with Crippen molar-refractivity contribution in [2.75, 3.05) is 6.61 Å². The minimum absolute atomic E-state index is 0.00710. The fourth-order valence-electron chi connectivity index (χ4n) is 8.50. The molecule has 0 N–H and O–H groups in total. The van der Waals surface area contributed by atoms with Crippen molar-refractivity contribution in [3.05, 3.63) is 0 Å². The lowest BCUT2D eigenvalue weighted by molar-refractivity contribution is -0.156. The van der Waals surface area contributed by atoms with Gasteiger partial charge in [-0.25, -0.2) is 0 Å². The fraction of sp³-hybridized carbons (Fsp3) is 1.00. The molecule has 0 radical (unpaired) electrons. The van der Waals surface area contributed by atoms with Gasteiger partial charge in [0.25, 0.3) is 0 Å². The molecule has 8 nitrogen and oxygen atoms in total. The summed E-state index contributed by atoms with van der Waals surface area (Å²) in [5.41, 5.74) is -5.47. The molecule has 0 spiro atoms. The average Bonchev–Trinajstić information content (AvgIpc) is 3.68. The summed E-state index contributed by atoms with van der Waals surface area (Å²) in [6, 6.07) is 0. The van der Waals surface area contributed by atoms with Gasteiger partial charge in [-0.05, 0) is 106 Å². The van der Waals surface area contributed by atoms with Gasteiger partial charge in [-0.2, -0.15) is 21.6 Å². The SMILES string of the molecule is CCCCCCCCCCCC[C@@H](O[Si](C)(C)C(C)(C)C)[C@H]1CC[C@H]([C@H]2CCC[C@@H]([C@H](CCCCCCC[C@H](COS(=O)(=O)C(F)(F)F)O[Si](C)(C)C(C)(C)C)O[Si](C)(C)C(C)(C)C)O2)O1. The standard InChI is InChI=1S/C51H103F3O8SSi3/c1-17-18-19-20-21-22-23-24-27-30-35-47(62-66(15,16)50(8,9)10)45-39-38-44(59-45)42-36-32-37-43(58-42)46(61-65(13,14)49(5,6)7)34-31-28-25-26-29-33-41(60-64(11,12)48(2,3)4)40-57-63(55,56)51(52,53)54/h41-47H,17-40H2,1-16H3/t41-,42-,43+,44-,45-,46+,47-/m1/s1. The van der Waals surface area contributed by atoms with Crippen LogP contribution in [0.25, 0.3) is 0 Å². The van der Waals surface area contributed by atoms with E-state index in [1.807, 2.05) is 33.9 Å². The maximum atomic E-state index is 13.1. The van der Waals surface area contributed by atoms with Crippen LogP contribution in [0.4, 0.5) is 13.2 Å². The van der Waals surface area contributed by atoms with Crippen LogP contribution >= 0.6 is 0 Å². The molecule has 2 fully saturated rings. The molecule has 0 aromatic rings. The number of halogens is 3. The predicted octanol–water partition coefficient (Wildman–Crippen LogP) is 16.6. The summed E-state index contributed by atoms with van der Waals surface area (Å²) >= 11 is 0. The number of ether oxygens (including phenoxy) is 2. The molecular weight excluding hydrogens is 914 g/mol. The Hall–Kier alpha value is 0.151. The highest BCUT2D eigenvalue weighted by Gasteiger charge is 2.49. The summed E-state index contributed by atoms with van der Waals surface area (Å²) in [6.45, 7) is 35.1. The molecule has 0 bridgehead atoms. The van der Waals surface area contributed by atoms with Gasteiger partial charge < -0.3 is 22.8 Å². The van der Waals surface area contributed by atoms with Crippen LogP contribution in [0.1, 0.15) is 217 Å². The van der Waals surface area contributed by atoms with E-state index in [0.717, 1.165) is 70.6 Å². The largest absolute Gasteiger partial charge is 0.523 e. The molecule has 394 valence electrons. The van der Waals surface area contributed by atoms with Gasteiger partial charge in [0, 0.05) is 0 Å². The fourth-order valence-corrected chi connectivity index (χ4v) is 13.1. The predicted molar refractivity (Wildman–Crippen MR) is 276 cm³/mol. The van der Waals surface area contributed by atoms with Crippen LogP contribution < -0.4 is 0 Å². The third-order valence-electron chi connectivity index (χ3n) is 16.0. The first-order valence-corrected chi connectivity index (χ1v) is 36.7. The Labute approximate surface area is 407 Å². The van der Waals surface area contributed by atoms with Crippen LogP contribution in [0, 0.1) is 0 Å². The number of unbranched alkanes of at least 4 members (excludes halogenated alkanes) is 13. The first-order valence-electron chi connectivity index (χ1n) is 26.5. The maximum absolute atomic E-state index is 13.1. The van der Waals surface area contributed by atoms with E-state index in [-0.39, 0.29) is 51.7 Å². The van der Waals surface area contributed by atoms with Crippen LogP contribution in [-0.2, 0) is 37.1 Å². The summed E-state index contributed by atoms with van der Waals surface area (Å²) < 4.78 is 102. The van der Waals surface area contributed by atoms with Crippen LogP contribution in [0.3, 0.4) is 0 Å². The number of alkyl halides is 3. The van der Waals surface area contributed by atoms with E-state index in [1.54, 1.807) is 0 Å². The van der Waals surface area contributed by atoms with E-state index in [0.29, 0.717) is 12.8 Å². The topological polar surface area (TPSA) is 89.5 Å². The molecule has 2 rings (SSSR count). The molecule has 0 unspecified atom stereocenters. The second-order valence-corrected chi connectivity index (χ2v) is 40.6. The number of hydrogen-bond donors (Lipinski definition) is 0. The van der Waals surface area contributed by atoms with Crippen molar-refractivity contribution in [2.24, 2.45) is 0 Å². The van der Waals surface area contributed by atoms with E-state index in [4.69, 9.17) is 22.8 Å². The highest BCUT2D eigenvalue weighted by Crippen LogP contribution is 2.43. The lowest BCUT2D eigenvalue weighted by Gasteiger charge is -2.44. The zero-order valence-electron chi connectivity index (χ0n) is 45.3. The van der Waals surface area contributed by atoms with E-state index < -0.39 is 53.3 Å². The molecule has 0 aromatic heterocycles. The van der Waals surface area contributed by atoms with Crippen LogP contribution in [0.15, 0.2) is 0 Å². The molecule has 0 aromatic carbocycles. The van der Waals surface area contributed by atoms with Crippen molar-refractivity contribution < 1.29 is 48.5 Å². The van der Waals surface area contributed by atoms with Crippen molar-refractivity contribution in [1.29, 1.82) is 0 Å². The highest BCUT2D eigenvalue weighted by atomic mass is 32.2. The minimum atomic E-state index is -5.70. The van der Waals surface area contributed by atoms with Crippen molar-refractivity contribution >= 4 is 35.1 Å². The van der Waals surface area contributed by atoms with E-state index >= 15 is 0 Å². The Bertz CT molecular complexity index is 1460. The smallest absolute Gasteiger partial charge is 0.412 e. The summed E-state index contributed by atoms with van der Waals surface area (Å²) in [4.78, 5) is 0. The lowest BCUT2D eigenvalue weighted by Crippen LogP contribution is -2.50. The van der Waals surface area contributed by atoms with Gasteiger partial charge in [-0.15, -0.1) is 0 Å². The van der Waals surface area contributed by atoms with Crippen LogP contribution in [0.2, 0.25) is 54.4 Å². The normalized spacial score (nSPS) is 22.5. The minimum Gasteiger partial charge on any atom is -0.412 e. The molecule has 2 heterocycles. The molecule has 2 aliphatic heterocycles. The van der Waals surface area contributed by atoms with Crippen molar-refractivity contribution in [3.63, 3.8) is 0 Å². The van der Waals surface area contributed by atoms with Gasteiger partial charge in [0.15, 0.2) is 25.0 Å². The second kappa shape index (κ2) is 27.3. The average molecular weight is 1020 g/mol. The Balaban J connectivity index is 2.06. The highest BCUT2D eigenvalue weighted by molar-refractivity contribution is 7.87. The Kier molecular flexibility index (Phi) is 25.7. The van der Waals surface area contributed by atoms with Crippen LogP contribution in [-0.4, -0.2) is 88.2 Å². The molecule has 7 atom stereocenters. The van der Waals surface area contributed by atoms with Gasteiger partial charge in [-0.3, -0.25) is 4.18 Å². The molecule has 66 heavy (non-hydrogen) atoms. The zero-order chi connectivity index (χ0) is 50.3. The molecule has 0 aliphatic carbocycles. The Morgan fingerprint density at radius 3 is 1.29 bits per heavy atom. The third kappa shape index (κ3) is 21.1. The van der Waals surface area contributed by atoms with Crippen molar-refractivity contribution in [3.8, 4) is 0 Å². The summed E-state index contributed by atoms with van der Waals surface area (Å²) in [7, 11) is -12.2. The molecule has 0 amide bonds. The van der Waals surface area contributed by atoms with Crippen molar-refractivity contribution in [1.82, 2.24) is 0 Å². The quantitative estimate of drug-likeness (QED) is 0.0294. The van der Waals surface area contributed by atoms with Crippen molar-refractivity contribution in [2.45, 2.75) is 320 Å². The van der Waals surface area contributed by atoms with Gasteiger partial charge in [0.1, 0.15) is 0 Å². The monoisotopic (exact) mass is 1020 g/mol. The van der Waals surface area contributed by atoms with E-state index in [2.05, 4.69) is 78.8 Å². The number of hydrogen-bond acceptors (Lipinski definition) is 8. The lowest BCUT2D eigenvalue weighted by atomic mass is 9.94. The van der Waals surface area contributed by atoms with Gasteiger partial charge in [-0.1, -0.05) is 166 Å². The second-order valence-electron chi connectivity index (χ2n) is 24.8. The summed E-state index contributed by atoms with van der Waals surface area (Å²) in [5.74, 6) is 0. The molecule has 2 saturated heterocycles. The van der Waals surface area contributed by atoms with Crippen LogP contribution in [0.5, 0.6) is 0 Å². The maximum Gasteiger partial charge on any atom is 0.523 e. The van der Waals surface area contributed by atoms with Gasteiger partial charge >= 0.3 is 15.6 Å². The molecule has 0 saturated carbocycles. The first-order chi connectivity index (χ1) is 30.2. The molecule has 2 aliphatic rings. The Morgan fingerprint density at radius 2 is 0.879 bits per heavy atom. The van der Waals surface area contributed by atoms with E-state index in [1.165, 1.54) is 64.2 Å². The van der Waals surface area contributed by atoms with E-state index in [9.17, 15) is 21.6 Å². The summed E-state index contributed by atoms with van der Waals surface area (Å²) in [5, 5.41) is -0.00537. The third-order valence-corrected chi connectivity index (χ3v) is 30.5. The summed E-state index contributed by atoms with van der Waals surface area (Å²) in [6.07, 6.45) is 24.8. The van der Waals surface area contributed by atoms with Gasteiger partial charge in [0.2, 0.25) is 0 Å². The number of rotatable bonds is 31. The molecule has 15 heteroatoms. The Morgan fingerprint density at radius 1 is 0.515 bits per heavy atom. The zero-order valence-corrected chi connectivity index (χ0v) is 49.1. The van der Waals surface area contributed by atoms with Gasteiger partial charge in [0.05, 0.1) is 49.3 Å². The first kappa shape index (κ1) is 62.3. The molecular formula is C51H103F3O8SSi3.